The fourth-order valence-corrected chi connectivity index (χ4v) is 2.34. The number of alkyl halides is 3. The van der Waals surface area contributed by atoms with Crippen molar-refractivity contribution in [1.29, 1.82) is 0 Å². The number of hydrogen-bond donors (Lipinski definition) is 1. The summed E-state index contributed by atoms with van der Waals surface area (Å²) in [5.74, 6) is 0.849. The van der Waals surface area contributed by atoms with Crippen molar-refractivity contribution in [3.63, 3.8) is 0 Å². The first-order chi connectivity index (χ1) is 12.8. The number of methoxy groups -OCH3 is 1. The second-order valence-electron chi connectivity index (χ2n) is 5.85. The zero-order valence-electron chi connectivity index (χ0n) is 15.0. The molecule has 0 fully saturated rings. The lowest BCUT2D eigenvalue weighted by molar-refractivity contribution is -0.137. The highest BCUT2D eigenvalue weighted by atomic mass is 19.4. The number of amides is 1. The summed E-state index contributed by atoms with van der Waals surface area (Å²) in [6, 6.07) is 11.9. The predicted octanol–water partition coefficient (Wildman–Crippen LogP) is 3.66. The largest absolute Gasteiger partial charge is 0.497 e. The number of hydrogen-bond acceptors (Lipinski definition) is 4. The summed E-state index contributed by atoms with van der Waals surface area (Å²) >= 11 is 0. The number of nitrogens with zero attached hydrogens (tertiary/aromatic N) is 1. The Kier molecular flexibility index (Phi) is 7.06. The average molecular weight is 382 g/mol. The van der Waals surface area contributed by atoms with Gasteiger partial charge in [-0.2, -0.15) is 13.2 Å². The van der Waals surface area contributed by atoms with Crippen LogP contribution < -0.4 is 14.8 Å². The van der Waals surface area contributed by atoms with E-state index in [2.05, 4.69) is 5.32 Å². The third-order valence-corrected chi connectivity index (χ3v) is 3.72. The molecule has 27 heavy (non-hydrogen) atoms. The Morgan fingerprint density at radius 2 is 1.70 bits per heavy atom. The molecule has 0 saturated carbocycles. The number of para-hydroxylation sites is 1. The standard InChI is InChI=1S/C19H21F3N2O3/c1-24(11-12-27-15-9-7-14(26-2)8-10-15)13-18(25)23-17-6-4-3-5-16(17)19(20,21)22/h3-10H,11-13H2,1-2H3,(H,23,25). The Hall–Kier alpha value is -2.74. The van der Waals surface area contributed by atoms with Crippen molar-refractivity contribution in [3.05, 3.63) is 54.1 Å². The van der Waals surface area contributed by atoms with Gasteiger partial charge in [0.05, 0.1) is 24.9 Å². The number of carbonyl (C=O) groups is 1. The molecular weight excluding hydrogens is 361 g/mol. The Balaban J connectivity index is 1.80. The van der Waals surface area contributed by atoms with Gasteiger partial charge in [-0.3, -0.25) is 9.69 Å². The van der Waals surface area contributed by atoms with E-state index in [4.69, 9.17) is 9.47 Å². The van der Waals surface area contributed by atoms with Crippen molar-refractivity contribution in [1.82, 2.24) is 4.90 Å². The molecule has 0 aliphatic rings. The maximum Gasteiger partial charge on any atom is 0.418 e. The second kappa shape index (κ2) is 9.27. The van der Waals surface area contributed by atoms with Crippen molar-refractivity contribution in [2.45, 2.75) is 6.18 Å². The molecule has 146 valence electrons. The predicted molar refractivity (Wildman–Crippen MR) is 96.1 cm³/mol. The van der Waals surface area contributed by atoms with Gasteiger partial charge in [0.2, 0.25) is 5.91 Å². The van der Waals surface area contributed by atoms with Crippen molar-refractivity contribution in [3.8, 4) is 11.5 Å². The maximum absolute atomic E-state index is 13.0. The molecule has 0 bridgehead atoms. The van der Waals surface area contributed by atoms with Crippen LogP contribution in [0.2, 0.25) is 0 Å². The number of anilines is 1. The molecule has 0 atom stereocenters. The molecule has 1 amide bonds. The third-order valence-electron chi connectivity index (χ3n) is 3.72. The minimum absolute atomic E-state index is 0.0574. The van der Waals surface area contributed by atoms with E-state index in [9.17, 15) is 18.0 Å². The number of carbonyl (C=O) groups excluding carboxylic acids is 1. The number of halogens is 3. The van der Waals surface area contributed by atoms with Crippen LogP contribution in [0, 0.1) is 0 Å². The molecule has 0 saturated heterocycles. The summed E-state index contributed by atoms with van der Waals surface area (Å²) in [5.41, 5.74) is -1.12. The summed E-state index contributed by atoms with van der Waals surface area (Å²) in [4.78, 5) is 13.7. The van der Waals surface area contributed by atoms with Crippen molar-refractivity contribution < 1.29 is 27.4 Å². The number of nitrogens with one attached hydrogen (secondary N) is 1. The van der Waals surface area contributed by atoms with Gasteiger partial charge in [-0.05, 0) is 43.4 Å². The third kappa shape index (κ3) is 6.49. The van der Waals surface area contributed by atoms with E-state index in [0.717, 1.165) is 11.8 Å². The van der Waals surface area contributed by atoms with Crippen molar-refractivity contribution >= 4 is 11.6 Å². The number of ether oxygens (including phenoxy) is 2. The smallest absolute Gasteiger partial charge is 0.418 e. The van der Waals surface area contributed by atoms with E-state index in [1.54, 1.807) is 43.3 Å². The van der Waals surface area contributed by atoms with Gasteiger partial charge in [-0.15, -0.1) is 0 Å². The van der Waals surface area contributed by atoms with Crippen LogP contribution in [0.5, 0.6) is 11.5 Å². The van der Waals surface area contributed by atoms with Crippen LogP contribution >= 0.6 is 0 Å². The fourth-order valence-electron chi connectivity index (χ4n) is 2.34. The maximum atomic E-state index is 13.0. The number of rotatable bonds is 8. The molecule has 5 nitrogen and oxygen atoms in total. The molecule has 0 unspecified atom stereocenters. The van der Waals surface area contributed by atoms with E-state index in [1.807, 2.05) is 0 Å². The van der Waals surface area contributed by atoms with E-state index < -0.39 is 17.6 Å². The van der Waals surface area contributed by atoms with Gasteiger partial charge >= 0.3 is 6.18 Å². The summed E-state index contributed by atoms with van der Waals surface area (Å²) in [7, 11) is 3.26. The van der Waals surface area contributed by atoms with Gasteiger partial charge in [0, 0.05) is 6.54 Å². The molecule has 8 heteroatoms. The summed E-state index contributed by atoms with van der Waals surface area (Å²) in [6.07, 6.45) is -4.53. The number of likely N-dealkylation sites (N-methyl/N-ethyl adjacent to an activating group) is 1. The molecule has 2 aromatic rings. The molecular formula is C19H21F3N2O3. The monoisotopic (exact) mass is 382 g/mol. The van der Waals surface area contributed by atoms with Gasteiger partial charge < -0.3 is 14.8 Å². The Bertz CT molecular complexity index is 749. The minimum Gasteiger partial charge on any atom is -0.497 e. The van der Waals surface area contributed by atoms with Crippen molar-refractivity contribution in [2.75, 3.05) is 39.2 Å². The summed E-state index contributed by atoms with van der Waals surface area (Å²) < 4.78 is 49.5. The SMILES string of the molecule is COc1ccc(OCCN(C)CC(=O)Nc2ccccc2C(F)(F)F)cc1. The lowest BCUT2D eigenvalue weighted by Crippen LogP contribution is -2.33. The van der Waals surface area contributed by atoms with Crippen LogP contribution in [0.1, 0.15) is 5.56 Å². The quantitative estimate of drug-likeness (QED) is 0.757. The Labute approximate surface area is 155 Å². The topological polar surface area (TPSA) is 50.8 Å². The molecule has 1 N–H and O–H groups in total. The minimum atomic E-state index is -4.53. The number of benzene rings is 2. The highest BCUT2D eigenvalue weighted by Crippen LogP contribution is 2.34. The molecule has 0 radical (unpaired) electrons. The van der Waals surface area contributed by atoms with Crippen LogP contribution in [-0.2, 0) is 11.0 Å². The lowest BCUT2D eigenvalue weighted by atomic mass is 10.1. The normalized spacial score (nSPS) is 11.3. The van der Waals surface area contributed by atoms with E-state index in [1.165, 1.54) is 18.2 Å². The van der Waals surface area contributed by atoms with Crippen LogP contribution in [-0.4, -0.2) is 44.7 Å². The zero-order chi connectivity index (χ0) is 19.9. The van der Waals surface area contributed by atoms with Crippen LogP contribution in [0.3, 0.4) is 0 Å². The fraction of sp³-hybridized carbons (Fsp3) is 0.316. The summed E-state index contributed by atoms with van der Waals surface area (Å²) in [5, 5.41) is 2.31. The van der Waals surface area contributed by atoms with Gasteiger partial charge in [-0.25, -0.2) is 0 Å². The van der Waals surface area contributed by atoms with E-state index in [0.29, 0.717) is 18.9 Å². The Morgan fingerprint density at radius 3 is 2.33 bits per heavy atom. The first-order valence-electron chi connectivity index (χ1n) is 8.21. The van der Waals surface area contributed by atoms with Crippen LogP contribution in [0.4, 0.5) is 18.9 Å². The Morgan fingerprint density at radius 1 is 1.07 bits per heavy atom. The highest BCUT2D eigenvalue weighted by Gasteiger charge is 2.33. The highest BCUT2D eigenvalue weighted by molar-refractivity contribution is 5.93. The molecule has 2 aromatic carbocycles. The molecule has 0 heterocycles. The second-order valence-corrected chi connectivity index (χ2v) is 5.85. The van der Waals surface area contributed by atoms with Crippen LogP contribution in [0.25, 0.3) is 0 Å². The van der Waals surface area contributed by atoms with Gasteiger partial charge in [0.25, 0.3) is 0 Å². The van der Waals surface area contributed by atoms with E-state index in [-0.39, 0.29) is 12.2 Å². The van der Waals surface area contributed by atoms with Crippen LogP contribution in [0.15, 0.2) is 48.5 Å². The van der Waals surface area contributed by atoms with Gasteiger partial charge in [0.1, 0.15) is 18.1 Å². The average Bonchev–Trinajstić information content (AvgIpc) is 2.61. The lowest BCUT2D eigenvalue weighted by Gasteiger charge is -2.18. The zero-order valence-corrected chi connectivity index (χ0v) is 15.0. The molecule has 0 aliphatic heterocycles. The molecule has 0 aliphatic carbocycles. The molecule has 2 rings (SSSR count). The molecule has 0 aromatic heterocycles. The molecule has 0 spiro atoms. The van der Waals surface area contributed by atoms with Gasteiger partial charge in [0.15, 0.2) is 0 Å². The first-order valence-corrected chi connectivity index (χ1v) is 8.21. The van der Waals surface area contributed by atoms with E-state index >= 15 is 0 Å². The van der Waals surface area contributed by atoms with Gasteiger partial charge in [-0.1, -0.05) is 12.1 Å². The van der Waals surface area contributed by atoms with Crippen molar-refractivity contribution in [2.24, 2.45) is 0 Å². The summed E-state index contributed by atoms with van der Waals surface area (Å²) in [6.45, 7) is 0.702. The first kappa shape index (κ1) is 20.6.